The molecule has 0 rings (SSSR count). The van der Waals surface area contributed by atoms with Gasteiger partial charge >= 0.3 is 5.97 Å². The van der Waals surface area contributed by atoms with Crippen LogP contribution in [0.15, 0.2) is 0 Å². The summed E-state index contributed by atoms with van der Waals surface area (Å²) in [5.74, 6) is 0.519. The van der Waals surface area contributed by atoms with Gasteiger partial charge in [0, 0.05) is 6.42 Å². The van der Waals surface area contributed by atoms with E-state index in [1.54, 1.807) is 0 Å². The number of esters is 1. The topological polar surface area (TPSA) is 44.8 Å². The van der Waals surface area contributed by atoms with Gasteiger partial charge in [-0.05, 0) is 39.0 Å². The van der Waals surface area contributed by atoms with Crippen LogP contribution >= 0.6 is 0 Å². The van der Waals surface area contributed by atoms with Crippen LogP contribution in [0.2, 0.25) is 0 Å². The van der Waals surface area contributed by atoms with Crippen molar-refractivity contribution in [1.29, 1.82) is 0 Å². The molecule has 0 aromatic rings. The number of ether oxygens (including phenoxy) is 1. The summed E-state index contributed by atoms with van der Waals surface area (Å²) in [6, 6.07) is 0. The zero-order chi connectivity index (χ0) is 15.4. The molecule has 0 N–H and O–H groups in total. The van der Waals surface area contributed by atoms with Gasteiger partial charge in [0.15, 0.2) is 0 Å². The van der Waals surface area contributed by atoms with Crippen molar-refractivity contribution in [3.05, 3.63) is 0 Å². The normalized spacial score (nSPS) is 11.9. The minimum atomic E-state index is -0.638. The summed E-state index contributed by atoms with van der Waals surface area (Å²) < 4.78 is 5.39. The predicted octanol–water partition coefficient (Wildman–Crippen LogP) is 4.27. The average Bonchev–Trinajstić information content (AvgIpc) is 2.33. The van der Waals surface area contributed by atoms with Crippen LogP contribution in [-0.4, -0.2) is 24.8 Å². The molecule has 0 saturated carbocycles. The van der Waals surface area contributed by atoms with E-state index in [0.717, 1.165) is 32.1 Å². The number of hydrogen-bond donors (Lipinski definition) is 0. The Labute approximate surface area is 124 Å². The van der Waals surface area contributed by atoms with Crippen molar-refractivity contribution >= 4 is 5.97 Å². The molecule has 0 amide bonds. The highest BCUT2D eigenvalue weighted by Crippen LogP contribution is 2.13. The van der Waals surface area contributed by atoms with E-state index in [2.05, 4.69) is 20.8 Å². The third-order valence-corrected chi connectivity index (χ3v) is 2.87. The Hall–Kier alpha value is -0.610. The second-order valence-electron chi connectivity index (χ2n) is 6.31. The zero-order valence-corrected chi connectivity index (χ0v) is 13.9. The maximum absolute atomic E-state index is 11.6. The summed E-state index contributed by atoms with van der Waals surface area (Å²) in [4.78, 5) is 21.9. The van der Waals surface area contributed by atoms with Gasteiger partial charge in [0.2, 0.25) is 0 Å². The molecule has 0 heterocycles. The third kappa shape index (κ3) is 12.4. The Morgan fingerprint density at radius 2 is 1.80 bits per heavy atom. The highest BCUT2D eigenvalue weighted by atomic mass is 17.2. The van der Waals surface area contributed by atoms with Gasteiger partial charge in [-0.2, -0.15) is 0 Å². The Morgan fingerprint density at radius 3 is 2.40 bits per heavy atom. The maximum Gasteiger partial charge on any atom is 0.306 e. The molecule has 0 radical (unpaired) electrons. The Bertz CT molecular complexity index is 249. The van der Waals surface area contributed by atoms with E-state index in [0.29, 0.717) is 18.9 Å². The van der Waals surface area contributed by atoms with Crippen molar-refractivity contribution in [1.82, 2.24) is 0 Å². The highest BCUT2D eigenvalue weighted by Gasteiger charge is 2.23. The van der Waals surface area contributed by atoms with Crippen LogP contribution in [0, 0.1) is 5.92 Å². The van der Waals surface area contributed by atoms with Crippen LogP contribution < -0.4 is 0 Å². The summed E-state index contributed by atoms with van der Waals surface area (Å²) in [5.41, 5.74) is -0.638. The highest BCUT2D eigenvalue weighted by molar-refractivity contribution is 5.69. The van der Waals surface area contributed by atoms with Gasteiger partial charge in [0.1, 0.15) is 12.2 Å². The summed E-state index contributed by atoms with van der Waals surface area (Å²) in [7, 11) is 0. The van der Waals surface area contributed by atoms with Crippen molar-refractivity contribution < 1.29 is 19.3 Å². The smallest absolute Gasteiger partial charge is 0.306 e. The fourth-order valence-electron chi connectivity index (χ4n) is 1.70. The van der Waals surface area contributed by atoms with E-state index >= 15 is 0 Å². The van der Waals surface area contributed by atoms with Crippen molar-refractivity contribution in [3.8, 4) is 0 Å². The van der Waals surface area contributed by atoms with Crippen molar-refractivity contribution in [2.75, 3.05) is 13.2 Å². The molecule has 0 aliphatic carbocycles. The fraction of sp³-hybridized carbons (Fsp3) is 0.938. The molecule has 0 fully saturated rings. The standard InChI is InChI=1S/C16H32O4/c1-6-7-8-11-15(17)20-16(4,5)13-19-18-12-9-10-14(2)3/h14H,6-13H2,1-5H3. The van der Waals surface area contributed by atoms with E-state index in [1.165, 1.54) is 0 Å². The van der Waals surface area contributed by atoms with E-state index in [4.69, 9.17) is 14.5 Å². The summed E-state index contributed by atoms with van der Waals surface area (Å²) in [6.07, 6.45) is 5.63. The van der Waals surface area contributed by atoms with E-state index in [1.807, 2.05) is 13.8 Å². The van der Waals surface area contributed by atoms with Gasteiger partial charge < -0.3 is 4.74 Å². The SMILES string of the molecule is CCCCCC(=O)OC(C)(C)COOCCCC(C)C. The van der Waals surface area contributed by atoms with Crippen molar-refractivity contribution in [2.24, 2.45) is 5.92 Å². The van der Waals surface area contributed by atoms with Crippen molar-refractivity contribution in [3.63, 3.8) is 0 Å². The van der Waals surface area contributed by atoms with Crippen LogP contribution in [0.3, 0.4) is 0 Å². The molecule has 0 unspecified atom stereocenters. The van der Waals surface area contributed by atoms with Crippen LogP contribution in [0.1, 0.15) is 73.1 Å². The molecule has 0 spiro atoms. The molecule has 4 nitrogen and oxygen atoms in total. The molecule has 0 saturated heterocycles. The molecule has 0 aliphatic rings. The zero-order valence-electron chi connectivity index (χ0n) is 13.9. The quantitative estimate of drug-likeness (QED) is 0.233. The number of carbonyl (C=O) groups excluding carboxylic acids is 1. The second-order valence-corrected chi connectivity index (χ2v) is 6.31. The minimum absolute atomic E-state index is 0.160. The first kappa shape index (κ1) is 19.4. The maximum atomic E-state index is 11.6. The van der Waals surface area contributed by atoms with Gasteiger partial charge in [-0.15, -0.1) is 0 Å². The van der Waals surface area contributed by atoms with Gasteiger partial charge in [-0.25, -0.2) is 9.78 Å². The minimum Gasteiger partial charge on any atom is -0.457 e. The molecule has 0 aromatic heterocycles. The monoisotopic (exact) mass is 288 g/mol. The summed E-state index contributed by atoms with van der Waals surface area (Å²) >= 11 is 0. The predicted molar refractivity (Wildman–Crippen MR) is 80.3 cm³/mol. The van der Waals surface area contributed by atoms with E-state index < -0.39 is 5.60 Å². The van der Waals surface area contributed by atoms with Crippen molar-refractivity contribution in [2.45, 2.75) is 78.7 Å². The molecule has 0 aromatic carbocycles. The number of hydrogen-bond acceptors (Lipinski definition) is 4. The molecular formula is C16H32O4. The summed E-state index contributed by atoms with van der Waals surface area (Å²) in [5, 5.41) is 0. The van der Waals surface area contributed by atoms with Gasteiger partial charge in [-0.3, -0.25) is 4.79 Å². The lowest BCUT2D eigenvalue weighted by Crippen LogP contribution is -2.33. The Balaban J connectivity index is 3.65. The second kappa shape index (κ2) is 11.1. The largest absolute Gasteiger partial charge is 0.457 e. The lowest BCUT2D eigenvalue weighted by molar-refractivity contribution is -0.314. The molecule has 0 bridgehead atoms. The third-order valence-electron chi connectivity index (χ3n) is 2.87. The number of rotatable bonds is 12. The van der Waals surface area contributed by atoms with Crippen LogP contribution in [0.25, 0.3) is 0 Å². The molecule has 4 heteroatoms. The molecular weight excluding hydrogens is 256 g/mol. The Morgan fingerprint density at radius 1 is 1.10 bits per heavy atom. The lowest BCUT2D eigenvalue weighted by Gasteiger charge is -2.24. The van der Waals surface area contributed by atoms with Gasteiger partial charge in [-0.1, -0.05) is 33.6 Å². The molecule has 0 atom stereocenters. The lowest BCUT2D eigenvalue weighted by atomic mass is 10.1. The van der Waals surface area contributed by atoms with Gasteiger partial charge in [0.05, 0.1) is 6.61 Å². The first-order valence-corrected chi connectivity index (χ1v) is 7.83. The molecule has 0 aliphatic heterocycles. The molecule has 20 heavy (non-hydrogen) atoms. The van der Waals surface area contributed by atoms with Crippen LogP contribution in [-0.2, 0) is 19.3 Å². The first-order valence-electron chi connectivity index (χ1n) is 7.83. The Kier molecular flexibility index (Phi) is 10.8. The molecule has 120 valence electrons. The summed E-state index contributed by atoms with van der Waals surface area (Å²) in [6.45, 7) is 11.0. The number of carbonyl (C=O) groups is 1. The van der Waals surface area contributed by atoms with Gasteiger partial charge in [0.25, 0.3) is 0 Å². The van der Waals surface area contributed by atoms with E-state index in [9.17, 15) is 4.79 Å². The fourth-order valence-corrected chi connectivity index (χ4v) is 1.70. The van der Waals surface area contributed by atoms with Crippen LogP contribution in [0.5, 0.6) is 0 Å². The average molecular weight is 288 g/mol. The van der Waals surface area contributed by atoms with Crippen LogP contribution in [0.4, 0.5) is 0 Å². The number of unbranched alkanes of at least 4 members (excludes halogenated alkanes) is 2. The first-order chi connectivity index (χ1) is 9.37. The van der Waals surface area contributed by atoms with E-state index in [-0.39, 0.29) is 12.6 Å².